The minimum Gasteiger partial charge on any atom is -0.495 e. The first kappa shape index (κ1) is 12.6. The van der Waals surface area contributed by atoms with Crippen LogP contribution in [0, 0.1) is 0 Å². The summed E-state index contributed by atoms with van der Waals surface area (Å²) in [5.41, 5.74) is 6.07. The molecule has 94 valence electrons. The van der Waals surface area contributed by atoms with Gasteiger partial charge in [-0.25, -0.2) is 0 Å². The summed E-state index contributed by atoms with van der Waals surface area (Å²) in [6.07, 6.45) is 4.21. The van der Waals surface area contributed by atoms with Gasteiger partial charge in [-0.15, -0.1) is 0 Å². The standard InChI is InChI=1S/C13H19NO2S/c1-16-11-7-3-5-9-13(11)17(15)12-8-4-2-6-10(12)14/h3,5,7,9-10,12H,2,4,6,8,14H2,1H3. The Bertz CT molecular complexity index is 408. The van der Waals surface area contributed by atoms with Crippen molar-refractivity contribution in [2.45, 2.75) is 41.9 Å². The van der Waals surface area contributed by atoms with E-state index in [1.807, 2.05) is 24.3 Å². The molecular formula is C13H19NO2S. The summed E-state index contributed by atoms with van der Waals surface area (Å²) < 4.78 is 17.8. The third-order valence-corrected chi connectivity index (χ3v) is 5.22. The molecule has 0 radical (unpaired) electrons. The molecule has 1 aromatic carbocycles. The summed E-state index contributed by atoms with van der Waals surface area (Å²) in [6, 6.07) is 7.55. The first-order valence-corrected chi connectivity index (χ1v) is 7.24. The van der Waals surface area contributed by atoms with Crippen LogP contribution in [0.25, 0.3) is 0 Å². The van der Waals surface area contributed by atoms with Crippen molar-refractivity contribution in [3.05, 3.63) is 24.3 Å². The van der Waals surface area contributed by atoms with Crippen molar-refractivity contribution in [3.63, 3.8) is 0 Å². The zero-order chi connectivity index (χ0) is 12.3. The van der Waals surface area contributed by atoms with Crippen molar-refractivity contribution in [1.82, 2.24) is 0 Å². The van der Waals surface area contributed by atoms with Gasteiger partial charge in [-0.1, -0.05) is 25.0 Å². The molecule has 3 nitrogen and oxygen atoms in total. The molecule has 3 unspecified atom stereocenters. The molecule has 0 spiro atoms. The Kier molecular flexibility index (Phi) is 4.18. The van der Waals surface area contributed by atoms with Crippen LogP contribution in [0.15, 0.2) is 29.2 Å². The summed E-state index contributed by atoms with van der Waals surface area (Å²) in [5.74, 6) is 0.698. The molecule has 17 heavy (non-hydrogen) atoms. The smallest absolute Gasteiger partial charge is 0.134 e. The normalized spacial score (nSPS) is 26.5. The van der Waals surface area contributed by atoms with E-state index in [2.05, 4.69) is 0 Å². The Morgan fingerprint density at radius 2 is 2.00 bits per heavy atom. The lowest BCUT2D eigenvalue weighted by Gasteiger charge is -2.28. The van der Waals surface area contributed by atoms with Crippen molar-refractivity contribution < 1.29 is 8.95 Å². The van der Waals surface area contributed by atoms with Crippen LogP contribution in [0.2, 0.25) is 0 Å². The highest BCUT2D eigenvalue weighted by Crippen LogP contribution is 2.29. The lowest BCUT2D eigenvalue weighted by molar-refractivity contribution is 0.402. The van der Waals surface area contributed by atoms with Crippen molar-refractivity contribution in [3.8, 4) is 5.75 Å². The quantitative estimate of drug-likeness (QED) is 0.897. The van der Waals surface area contributed by atoms with Gasteiger partial charge in [-0.2, -0.15) is 0 Å². The molecule has 1 aromatic rings. The average Bonchev–Trinajstić information content (AvgIpc) is 2.38. The lowest BCUT2D eigenvalue weighted by Crippen LogP contribution is -2.40. The fourth-order valence-electron chi connectivity index (χ4n) is 2.34. The number of ether oxygens (including phenoxy) is 1. The zero-order valence-corrected chi connectivity index (χ0v) is 10.9. The van der Waals surface area contributed by atoms with Gasteiger partial charge in [0.05, 0.1) is 28.1 Å². The van der Waals surface area contributed by atoms with Crippen molar-refractivity contribution in [2.24, 2.45) is 5.73 Å². The van der Waals surface area contributed by atoms with E-state index in [-0.39, 0.29) is 11.3 Å². The zero-order valence-electron chi connectivity index (χ0n) is 10.1. The van der Waals surface area contributed by atoms with E-state index in [1.54, 1.807) is 7.11 Å². The summed E-state index contributed by atoms with van der Waals surface area (Å²) in [5, 5.41) is 0.0695. The van der Waals surface area contributed by atoms with Gasteiger partial charge in [0.25, 0.3) is 0 Å². The first-order valence-electron chi connectivity index (χ1n) is 6.03. The van der Waals surface area contributed by atoms with Gasteiger partial charge in [0.2, 0.25) is 0 Å². The molecule has 2 rings (SSSR count). The highest BCUT2D eigenvalue weighted by Gasteiger charge is 2.29. The van der Waals surface area contributed by atoms with E-state index in [0.29, 0.717) is 5.75 Å². The molecule has 0 aromatic heterocycles. The Hall–Kier alpha value is -0.870. The van der Waals surface area contributed by atoms with E-state index in [9.17, 15) is 4.21 Å². The van der Waals surface area contributed by atoms with E-state index in [1.165, 1.54) is 0 Å². The fourth-order valence-corrected chi connectivity index (χ4v) is 4.06. The van der Waals surface area contributed by atoms with Gasteiger partial charge in [-0.3, -0.25) is 4.21 Å². The minimum atomic E-state index is -1.06. The number of nitrogens with two attached hydrogens (primary N) is 1. The van der Waals surface area contributed by atoms with Crippen LogP contribution < -0.4 is 10.5 Å². The van der Waals surface area contributed by atoms with Crippen LogP contribution in [-0.4, -0.2) is 22.6 Å². The van der Waals surface area contributed by atoms with Crippen molar-refractivity contribution in [2.75, 3.05) is 7.11 Å². The van der Waals surface area contributed by atoms with Crippen LogP contribution in [0.1, 0.15) is 25.7 Å². The third kappa shape index (κ3) is 2.69. The molecule has 3 atom stereocenters. The Labute approximate surface area is 105 Å². The van der Waals surface area contributed by atoms with Crippen molar-refractivity contribution >= 4 is 10.8 Å². The van der Waals surface area contributed by atoms with Crippen LogP contribution in [0.5, 0.6) is 5.75 Å². The van der Waals surface area contributed by atoms with Crippen molar-refractivity contribution in [1.29, 1.82) is 0 Å². The van der Waals surface area contributed by atoms with Gasteiger partial charge in [0.15, 0.2) is 0 Å². The number of methoxy groups -OCH3 is 1. The number of hydrogen-bond acceptors (Lipinski definition) is 3. The lowest BCUT2D eigenvalue weighted by atomic mass is 9.96. The maximum Gasteiger partial charge on any atom is 0.134 e. The van der Waals surface area contributed by atoms with Gasteiger partial charge >= 0.3 is 0 Å². The Balaban J connectivity index is 2.23. The van der Waals surface area contributed by atoms with Gasteiger partial charge < -0.3 is 10.5 Å². The summed E-state index contributed by atoms with van der Waals surface area (Å²) in [4.78, 5) is 0.775. The molecule has 2 N–H and O–H groups in total. The second-order valence-corrected chi connectivity index (χ2v) is 6.08. The van der Waals surface area contributed by atoms with Gasteiger partial charge in [0.1, 0.15) is 5.75 Å². The van der Waals surface area contributed by atoms with E-state index < -0.39 is 10.8 Å². The van der Waals surface area contributed by atoms with E-state index >= 15 is 0 Å². The number of benzene rings is 1. The summed E-state index contributed by atoms with van der Waals surface area (Å²) >= 11 is 0. The monoisotopic (exact) mass is 253 g/mol. The molecule has 0 amide bonds. The SMILES string of the molecule is COc1ccccc1S(=O)C1CCCCC1N. The number of hydrogen-bond donors (Lipinski definition) is 1. The predicted octanol–water partition coefficient (Wildman–Crippen LogP) is 2.07. The molecule has 1 aliphatic carbocycles. The van der Waals surface area contributed by atoms with Crippen LogP contribution >= 0.6 is 0 Å². The number of rotatable bonds is 3. The molecule has 0 bridgehead atoms. The molecule has 0 heterocycles. The maximum atomic E-state index is 12.5. The largest absolute Gasteiger partial charge is 0.495 e. The second kappa shape index (κ2) is 5.65. The highest BCUT2D eigenvalue weighted by molar-refractivity contribution is 7.85. The third-order valence-electron chi connectivity index (χ3n) is 3.31. The molecule has 1 aliphatic rings. The Morgan fingerprint density at radius 3 is 2.71 bits per heavy atom. The average molecular weight is 253 g/mol. The predicted molar refractivity (Wildman–Crippen MR) is 69.6 cm³/mol. The fraction of sp³-hybridized carbons (Fsp3) is 0.538. The molecular weight excluding hydrogens is 234 g/mol. The molecule has 1 fully saturated rings. The summed E-state index contributed by atoms with van der Waals surface area (Å²) in [6.45, 7) is 0. The molecule has 1 saturated carbocycles. The van der Waals surface area contributed by atoms with Crippen LogP contribution in [0.3, 0.4) is 0 Å². The van der Waals surface area contributed by atoms with Crippen LogP contribution in [0.4, 0.5) is 0 Å². The van der Waals surface area contributed by atoms with Gasteiger partial charge in [0, 0.05) is 6.04 Å². The second-order valence-electron chi connectivity index (χ2n) is 4.44. The van der Waals surface area contributed by atoms with E-state index in [0.717, 1.165) is 30.6 Å². The van der Waals surface area contributed by atoms with E-state index in [4.69, 9.17) is 10.5 Å². The minimum absolute atomic E-state index is 0.0505. The first-order chi connectivity index (χ1) is 8.24. The maximum absolute atomic E-state index is 12.5. The molecule has 0 saturated heterocycles. The van der Waals surface area contributed by atoms with Crippen LogP contribution in [-0.2, 0) is 10.8 Å². The number of para-hydroxylation sites is 1. The molecule has 4 heteroatoms. The molecule has 0 aliphatic heterocycles. The van der Waals surface area contributed by atoms with Gasteiger partial charge in [-0.05, 0) is 25.0 Å². The highest BCUT2D eigenvalue weighted by atomic mass is 32.2. The topological polar surface area (TPSA) is 52.3 Å². The Morgan fingerprint density at radius 1 is 1.29 bits per heavy atom. The summed E-state index contributed by atoms with van der Waals surface area (Å²) in [7, 11) is 0.547.